The van der Waals surface area contributed by atoms with Gasteiger partial charge in [0.25, 0.3) is 0 Å². The van der Waals surface area contributed by atoms with E-state index < -0.39 is 0 Å². The molecule has 0 radical (unpaired) electrons. The van der Waals surface area contributed by atoms with E-state index in [0.717, 1.165) is 12.8 Å². The van der Waals surface area contributed by atoms with Gasteiger partial charge in [0.15, 0.2) is 0 Å². The molecule has 0 aliphatic rings. The number of aryl methyl sites for hydroxylation is 2. The topological polar surface area (TPSA) is 0 Å². The summed E-state index contributed by atoms with van der Waals surface area (Å²) in [5.41, 5.74) is 5.56. The molecule has 0 heterocycles. The predicted octanol–water partition coefficient (Wildman–Crippen LogP) is 9.23. The summed E-state index contributed by atoms with van der Waals surface area (Å²) in [6.07, 6.45) is 3.37. The highest BCUT2D eigenvalue weighted by atomic mass is 14.2. The maximum Gasteiger partial charge on any atom is -0.00266 e. The zero-order valence-corrected chi connectivity index (χ0v) is 19.0. The summed E-state index contributed by atoms with van der Waals surface area (Å²) in [4.78, 5) is 0. The van der Waals surface area contributed by atoms with Crippen LogP contribution in [-0.2, 0) is 12.8 Å². The van der Waals surface area contributed by atoms with Crippen molar-refractivity contribution in [2.75, 3.05) is 0 Å². The summed E-state index contributed by atoms with van der Waals surface area (Å²) >= 11 is 0. The van der Waals surface area contributed by atoms with Gasteiger partial charge in [0.1, 0.15) is 0 Å². The van der Waals surface area contributed by atoms with E-state index in [1.165, 1.54) is 50.2 Å². The Bertz CT molecular complexity index is 966. The van der Waals surface area contributed by atoms with Crippen LogP contribution in [0.5, 0.6) is 0 Å². The minimum Gasteiger partial charge on any atom is -0.0683 e. The van der Waals surface area contributed by atoms with Crippen LogP contribution in [0.1, 0.15) is 59.1 Å². The maximum atomic E-state index is 2.29. The summed E-state index contributed by atoms with van der Waals surface area (Å²) < 4.78 is 0. The Balaban J connectivity index is 0.000000707. The third kappa shape index (κ3) is 4.70. The molecular formula is C29H36. The second-order valence-electron chi connectivity index (χ2n) is 6.75. The molecule has 0 aromatic heterocycles. The van der Waals surface area contributed by atoms with Gasteiger partial charge in [-0.1, -0.05) is 121 Å². The SMILES string of the molecule is CC.CC.CCCc1c2ccccc2c(-c2ccc(CC)cc2)c2ccccc12. The summed E-state index contributed by atoms with van der Waals surface area (Å²) in [6, 6.07) is 26.9. The Hall–Kier alpha value is -2.60. The van der Waals surface area contributed by atoms with Gasteiger partial charge in [0.05, 0.1) is 0 Å². The molecule has 4 rings (SSSR count). The van der Waals surface area contributed by atoms with Crippen molar-refractivity contribution < 1.29 is 0 Å². The highest BCUT2D eigenvalue weighted by Crippen LogP contribution is 2.39. The highest BCUT2D eigenvalue weighted by Gasteiger charge is 2.14. The summed E-state index contributed by atoms with van der Waals surface area (Å²) in [6.45, 7) is 12.5. The number of hydrogen-bond acceptors (Lipinski definition) is 0. The van der Waals surface area contributed by atoms with E-state index in [1.807, 2.05) is 27.7 Å². The Labute approximate surface area is 177 Å². The molecule has 0 saturated carbocycles. The first kappa shape index (κ1) is 22.7. The van der Waals surface area contributed by atoms with Crippen molar-refractivity contribution in [3.05, 3.63) is 83.9 Å². The van der Waals surface area contributed by atoms with Gasteiger partial charge in [-0.3, -0.25) is 0 Å². The fourth-order valence-electron chi connectivity index (χ4n) is 3.96. The molecule has 0 bridgehead atoms. The van der Waals surface area contributed by atoms with E-state index in [0.29, 0.717) is 0 Å². The van der Waals surface area contributed by atoms with E-state index in [4.69, 9.17) is 0 Å². The summed E-state index contributed by atoms with van der Waals surface area (Å²) in [5, 5.41) is 5.54. The van der Waals surface area contributed by atoms with Crippen LogP contribution in [0.4, 0.5) is 0 Å². The fourth-order valence-corrected chi connectivity index (χ4v) is 3.96. The van der Waals surface area contributed by atoms with Gasteiger partial charge in [-0.05, 0) is 56.6 Å². The first-order valence-electron chi connectivity index (χ1n) is 11.3. The van der Waals surface area contributed by atoms with E-state index in [1.54, 1.807) is 0 Å². The minimum atomic E-state index is 1.08. The molecule has 0 fully saturated rings. The highest BCUT2D eigenvalue weighted by molar-refractivity contribution is 6.15. The van der Waals surface area contributed by atoms with Gasteiger partial charge < -0.3 is 0 Å². The normalized spacial score (nSPS) is 10.1. The van der Waals surface area contributed by atoms with Crippen LogP contribution in [-0.4, -0.2) is 0 Å². The molecule has 0 N–H and O–H groups in total. The molecule has 0 unspecified atom stereocenters. The van der Waals surface area contributed by atoms with Gasteiger partial charge in [0, 0.05) is 0 Å². The van der Waals surface area contributed by atoms with Gasteiger partial charge in [-0.25, -0.2) is 0 Å². The first-order valence-corrected chi connectivity index (χ1v) is 11.3. The number of rotatable bonds is 4. The van der Waals surface area contributed by atoms with Gasteiger partial charge in [-0.15, -0.1) is 0 Å². The van der Waals surface area contributed by atoms with Crippen molar-refractivity contribution in [2.24, 2.45) is 0 Å². The lowest BCUT2D eigenvalue weighted by atomic mass is 9.87. The lowest BCUT2D eigenvalue weighted by Gasteiger charge is -2.17. The van der Waals surface area contributed by atoms with Crippen molar-refractivity contribution in [3.8, 4) is 11.1 Å². The standard InChI is InChI=1S/C25H24.2C2H6/c1-3-9-20-21-10-5-7-12-23(21)25(24-13-8-6-11-22(20)24)19-16-14-18(4-2)15-17-19;2*1-2/h5-8,10-17H,3-4,9H2,1-2H3;2*1-2H3. The van der Waals surface area contributed by atoms with E-state index in [2.05, 4.69) is 86.6 Å². The molecule has 0 aliphatic carbocycles. The van der Waals surface area contributed by atoms with Crippen LogP contribution in [0.3, 0.4) is 0 Å². The number of hydrogen-bond donors (Lipinski definition) is 0. The Morgan fingerprint density at radius 2 is 1.00 bits per heavy atom. The fraction of sp³-hybridized carbons (Fsp3) is 0.310. The van der Waals surface area contributed by atoms with Crippen molar-refractivity contribution in [1.82, 2.24) is 0 Å². The van der Waals surface area contributed by atoms with Gasteiger partial charge in [-0.2, -0.15) is 0 Å². The zero-order valence-electron chi connectivity index (χ0n) is 19.0. The number of fused-ring (bicyclic) bond motifs is 2. The van der Waals surface area contributed by atoms with E-state index in [-0.39, 0.29) is 0 Å². The van der Waals surface area contributed by atoms with Gasteiger partial charge >= 0.3 is 0 Å². The van der Waals surface area contributed by atoms with Crippen LogP contribution in [0.2, 0.25) is 0 Å². The van der Waals surface area contributed by atoms with Gasteiger partial charge in [0.2, 0.25) is 0 Å². The van der Waals surface area contributed by atoms with E-state index in [9.17, 15) is 0 Å². The Kier molecular flexibility index (Phi) is 8.93. The number of benzene rings is 4. The average molecular weight is 385 g/mol. The van der Waals surface area contributed by atoms with Crippen molar-refractivity contribution >= 4 is 21.5 Å². The van der Waals surface area contributed by atoms with Crippen molar-refractivity contribution in [1.29, 1.82) is 0 Å². The van der Waals surface area contributed by atoms with Crippen LogP contribution in [0.25, 0.3) is 32.7 Å². The molecule has 0 heteroatoms. The molecule has 0 aliphatic heterocycles. The van der Waals surface area contributed by atoms with Crippen LogP contribution in [0.15, 0.2) is 72.8 Å². The second kappa shape index (κ2) is 11.4. The summed E-state index contributed by atoms with van der Waals surface area (Å²) in [7, 11) is 0. The molecule has 0 spiro atoms. The molecule has 0 amide bonds. The maximum absolute atomic E-state index is 2.29. The quantitative estimate of drug-likeness (QED) is 0.307. The third-order valence-electron chi connectivity index (χ3n) is 5.19. The lowest BCUT2D eigenvalue weighted by Crippen LogP contribution is -1.93. The second-order valence-corrected chi connectivity index (χ2v) is 6.75. The monoisotopic (exact) mass is 384 g/mol. The van der Waals surface area contributed by atoms with Crippen molar-refractivity contribution in [2.45, 2.75) is 60.8 Å². The molecule has 4 aromatic carbocycles. The molecule has 0 nitrogen and oxygen atoms in total. The van der Waals surface area contributed by atoms with Crippen LogP contribution in [0, 0.1) is 0 Å². The largest absolute Gasteiger partial charge is 0.0683 e. The molecular weight excluding hydrogens is 348 g/mol. The Morgan fingerprint density at radius 1 is 0.552 bits per heavy atom. The first-order chi connectivity index (χ1) is 14.3. The van der Waals surface area contributed by atoms with Crippen LogP contribution < -0.4 is 0 Å². The van der Waals surface area contributed by atoms with E-state index >= 15 is 0 Å². The molecule has 152 valence electrons. The Morgan fingerprint density at radius 3 is 1.41 bits per heavy atom. The minimum absolute atomic E-state index is 1.08. The third-order valence-corrected chi connectivity index (χ3v) is 5.19. The molecule has 0 atom stereocenters. The summed E-state index contributed by atoms with van der Waals surface area (Å²) in [5.74, 6) is 0. The van der Waals surface area contributed by atoms with Crippen LogP contribution >= 0.6 is 0 Å². The molecule has 4 aromatic rings. The lowest BCUT2D eigenvalue weighted by molar-refractivity contribution is 0.936. The average Bonchev–Trinajstić information content (AvgIpc) is 2.82. The van der Waals surface area contributed by atoms with Crippen molar-refractivity contribution in [3.63, 3.8) is 0 Å². The zero-order chi connectivity index (χ0) is 21.2. The molecule has 0 saturated heterocycles. The predicted molar refractivity (Wildman–Crippen MR) is 133 cm³/mol. The smallest absolute Gasteiger partial charge is 0.00266 e. The molecule has 29 heavy (non-hydrogen) atoms.